The van der Waals surface area contributed by atoms with Gasteiger partial charge in [0.25, 0.3) is 11.8 Å². The molecule has 3 rings (SSSR count). The molecule has 0 radical (unpaired) electrons. The van der Waals surface area contributed by atoms with Crippen molar-refractivity contribution in [2.45, 2.75) is 30.0 Å². The molecule has 0 N–H and O–H groups in total. The zero-order valence-corrected chi connectivity index (χ0v) is 14.3. The number of halogens is 2. The van der Waals surface area contributed by atoms with Gasteiger partial charge in [0.1, 0.15) is 5.82 Å². The first-order chi connectivity index (χ1) is 11.5. The third-order valence-corrected chi connectivity index (χ3v) is 4.84. The van der Waals surface area contributed by atoms with Crippen LogP contribution in [-0.4, -0.2) is 71.8 Å². The summed E-state index contributed by atoms with van der Waals surface area (Å²) in [6, 6.07) is 1.80. The molecule has 0 spiro atoms. The largest absolute Gasteiger partial charge is 0.365 e. The molecule has 3 heterocycles. The first-order valence-corrected chi connectivity index (χ1v) is 9.11. The Morgan fingerprint density at radius 3 is 2.83 bits per heavy atom. The van der Waals surface area contributed by atoms with Crippen molar-refractivity contribution < 1.29 is 18.3 Å². The summed E-state index contributed by atoms with van der Waals surface area (Å²) < 4.78 is 32.1. The van der Waals surface area contributed by atoms with Crippen LogP contribution in [0.5, 0.6) is 0 Å². The SMILES string of the molecule is CSc1nccc(N2CCOC(C(=O)N3CCC(F)(F)CC3)C2)n1. The average Bonchev–Trinajstić information content (AvgIpc) is 2.61. The van der Waals surface area contributed by atoms with E-state index in [1.165, 1.54) is 16.7 Å². The lowest BCUT2D eigenvalue weighted by Gasteiger charge is -2.38. The molecule has 1 atom stereocenters. The van der Waals surface area contributed by atoms with E-state index >= 15 is 0 Å². The summed E-state index contributed by atoms with van der Waals surface area (Å²) in [6.07, 6.45) is 2.39. The van der Waals surface area contributed by atoms with E-state index in [0.29, 0.717) is 24.9 Å². The van der Waals surface area contributed by atoms with Crippen molar-refractivity contribution in [1.82, 2.24) is 14.9 Å². The highest BCUT2D eigenvalue weighted by molar-refractivity contribution is 7.98. The number of morpholine rings is 1. The fourth-order valence-electron chi connectivity index (χ4n) is 2.87. The third-order valence-electron chi connectivity index (χ3n) is 4.27. The van der Waals surface area contributed by atoms with E-state index in [0.717, 1.165) is 5.82 Å². The molecule has 1 aromatic heterocycles. The van der Waals surface area contributed by atoms with Crippen molar-refractivity contribution >= 4 is 23.5 Å². The smallest absolute Gasteiger partial charge is 0.253 e. The Kier molecular flexibility index (Phi) is 5.19. The van der Waals surface area contributed by atoms with Gasteiger partial charge in [0, 0.05) is 38.7 Å². The van der Waals surface area contributed by atoms with Crippen molar-refractivity contribution in [2.75, 3.05) is 43.9 Å². The van der Waals surface area contributed by atoms with E-state index < -0.39 is 12.0 Å². The number of carbonyl (C=O) groups is 1. The highest BCUT2D eigenvalue weighted by Gasteiger charge is 2.38. The lowest BCUT2D eigenvalue weighted by Crippen LogP contribution is -2.53. The Morgan fingerprint density at radius 1 is 1.38 bits per heavy atom. The van der Waals surface area contributed by atoms with Crippen molar-refractivity contribution in [3.63, 3.8) is 0 Å². The minimum Gasteiger partial charge on any atom is -0.365 e. The summed E-state index contributed by atoms with van der Waals surface area (Å²) in [7, 11) is 0. The van der Waals surface area contributed by atoms with Gasteiger partial charge in [-0.05, 0) is 12.3 Å². The predicted molar refractivity (Wildman–Crippen MR) is 86.5 cm³/mol. The van der Waals surface area contributed by atoms with Gasteiger partial charge in [-0.3, -0.25) is 4.79 Å². The fourth-order valence-corrected chi connectivity index (χ4v) is 3.22. The minimum absolute atomic E-state index is 0.0792. The third kappa shape index (κ3) is 3.94. The van der Waals surface area contributed by atoms with E-state index in [1.54, 1.807) is 12.3 Å². The van der Waals surface area contributed by atoms with E-state index in [9.17, 15) is 13.6 Å². The maximum Gasteiger partial charge on any atom is 0.253 e. The van der Waals surface area contributed by atoms with Gasteiger partial charge in [0.2, 0.25) is 0 Å². The molecule has 6 nitrogen and oxygen atoms in total. The van der Waals surface area contributed by atoms with E-state index in [4.69, 9.17) is 4.74 Å². The Morgan fingerprint density at radius 2 is 2.12 bits per heavy atom. The topological polar surface area (TPSA) is 58.6 Å². The van der Waals surface area contributed by atoms with Crippen molar-refractivity contribution in [2.24, 2.45) is 0 Å². The summed E-state index contributed by atoms with van der Waals surface area (Å²) in [5, 5.41) is 0.667. The molecule has 0 bridgehead atoms. The van der Waals surface area contributed by atoms with Gasteiger partial charge in [-0.25, -0.2) is 18.7 Å². The number of likely N-dealkylation sites (tertiary alicyclic amines) is 1. The molecule has 24 heavy (non-hydrogen) atoms. The van der Waals surface area contributed by atoms with Crippen LogP contribution in [0.1, 0.15) is 12.8 Å². The molecule has 2 fully saturated rings. The zero-order chi connectivity index (χ0) is 17.2. The van der Waals surface area contributed by atoms with Crippen LogP contribution in [0.15, 0.2) is 17.4 Å². The maximum absolute atomic E-state index is 13.2. The average molecular weight is 358 g/mol. The van der Waals surface area contributed by atoms with Crippen LogP contribution < -0.4 is 4.90 Å². The van der Waals surface area contributed by atoms with Crippen molar-refractivity contribution in [3.8, 4) is 0 Å². The van der Waals surface area contributed by atoms with Crippen LogP contribution in [0.2, 0.25) is 0 Å². The van der Waals surface area contributed by atoms with Crippen molar-refractivity contribution in [1.29, 1.82) is 0 Å². The van der Waals surface area contributed by atoms with Gasteiger partial charge in [-0.2, -0.15) is 0 Å². The van der Waals surface area contributed by atoms with Gasteiger partial charge in [-0.15, -0.1) is 0 Å². The summed E-state index contributed by atoms with van der Waals surface area (Å²) in [6.45, 7) is 1.56. The van der Waals surface area contributed by atoms with E-state index in [2.05, 4.69) is 9.97 Å². The van der Waals surface area contributed by atoms with E-state index in [1.807, 2.05) is 11.2 Å². The highest BCUT2D eigenvalue weighted by atomic mass is 32.2. The molecule has 9 heteroatoms. The number of hydrogen-bond donors (Lipinski definition) is 0. The molecule has 1 aromatic rings. The van der Waals surface area contributed by atoms with Crippen LogP contribution in [0.4, 0.5) is 14.6 Å². The van der Waals surface area contributed by atoms with Crippen LogP contribution in [0.3, 0.4) is 0 Å². The summed E-state index contributed by atoms with van der Waals surface area (Å²) in [5.41, 5.74) is 0. The van der Waals surface area contributed by atoms with Gasteiger partial charge < -0.3 is 14.5 Å². The molecule has 0 aromatic carbocycles. The monoisotopic (exact) mass is 358 g/mol. The number of rotatable bonds is 3. The molecule has 2 saturated heterocycles. The number of amides is 1. The Balaban J connectivity index is 1.63. The molecular formula is C15H20F2N4O2S. The van der Waals surface area contributed by atoms with Gasteiger partial charge in [-0.1, -0.05) is 11.8 Å². The standard InChI is InChI=1S/C15H20F2N4O2S/c1-24-14-18-5-2-12(19-14)21-8-9-23-11(10-21)13(22)20-6-3-15(16,17)4-7-20/h2,5,11H,3-4,6-10H2,1H3. The lowest BCUT2D eigenvalue weighted by molar-refractivity contribution is -0.150. The van der Waals surface area contributed by atoms with Crippen LogP contribution in [-0.2, 0) is 9.53 Å². The van der Waals surface area contributed by atoms with Gasteiger partial charge in [0.05, 0.1) is 13.2 Å². The van der Waals surface area contributed by atoms with Gasteiger partial charge >= 0.3 is 0 Å². The number of anilines is 1. The number of ether oxygens (including phenoxy) is 1. The molecular weight excluding hydrogens is 338 g/mol. The summed E-state index contributed by atoms with van der Waals surface area (Å²) in [4.78, 5) is 24.6. The molecule has 1 amide bonds. The second-order valence-corrected chi connectivity index (χ2v) is 6.66. The number of thioether (sulfide) groups is 1. The Labute approximate surface area is 143 Å². The first kappa shape index (κ1) is 17.3. The lowest BCUT2D eigenvalue weighted by atomic mass is 10.1. The quantitative estimate of drug-likeness (QED) is 0.605. The number of piperidine rings is 1. The number of alkyl halides is 2. The summed E-state index contributed by atoms with van der Waals surface area (Å²) >= 11 is 1.45. The zero-order valence-electron chi connectivity index (χ0n) is 13.5. The Hall–Kier alpha value is -1.48. The molecule has 2 aliphatic rings. The Bertz CT molecular complexity index is 595. The van der Waals surface area contributed by atoms with E-state index in [-0.39, 0.29) is 31.8 Å². The molecule has 0 saturated carbocycles. The fraction of sp³-hybridized carbons (Fsp3) is 0.667. The predicted octanol–water partition coefficient (Wildman–Crippen LogP) is 1.66. The number of carbonyl (C=O) groups excluding carboxylic acids is 1. The number of hydrogen-bond acceptors (Lipinski definition) is 6. The van der Waals surface area contributed by atoms with Crippen LogP contribution in [0.25, 0.3) is 0 Å². The number of nitrogens with zero attached hydrogens (tertiary/aromatic N) is 4. The first-order valence-electron chi connectivity index (χ1n) is 7.89. The molecule has 1 unspecified atom stereocenters. The minimum atomic E-state index is -2.66. The highest BCUT2D eigenvalue weighted by Crippen LogP contribution is 2.28. The maximum atomic E-state index is 13.2. The second-order valence-electron chi connectivity index (χ2n) is 5.89. The summed E-state index contributed by atoms with van der Waals surface area (Å²) in [5.74, 6) is -2.12. The van der Waals surface area contributed by atoms with Gasteiger partial charge in [0.15, 0.2) is 11.3 Å². The second kappa shape index (κ2) is 7.18. The molecule has 132 valence electrons. The van der Waals surface area contributed by atoms with Crippen LogP contribution >= 0.6 is 11.8 Å². The molecule has 2 aliphatic heterocycles. The normalized spacial score (nSPS) is 24.0. The molecule has 0 aliphatic carbocycles. The van der Waals surface area contributed by atoms with Crippen LogP contribution in [0, 0.1) is 0 Å². The van der Waals surface area contributed by atoms with Crippen molar-refractivity contribution in [3.05, 3.63) is 12.3 Å². The number of aromatic nitrogens is 2.